The molecule has 2 fully saturated rings. The van der Waals surface area contributed by atoms with Gasteiger partial charge in [-0.3, -0.25) is 14.8 Å². The molecule has 1 spiro atoms. The number of carbonyl (C=O) groups excluding carboxylic acids is 1. The maximum Gasteiger partial charge on any atom is 0.230 e. The zero-order chi connectivity index (χ0) is 19.1. The van der Waals surface area contributed by atoms with Crippen LogP contribution in [0.15, 0.2) is 28.8 Å². The zero-order valence-electron chi connectivity index (χ0n) is 16.6. The second-order valence-corrected chi connectivity index (χ2v) is 9.37. The Hall–Kier alpha value is -2.08. The van der Waals surface area contributed by atoms with Crippen LogP contribution in [-0.4, -0.2) is 52.1 Å². The average Bonchev–Trinajstić information content (AvgIpc) is 3.32. The number of hydrogen-bond acceptors (Lipinski definition) is 4. The smallest absolute Gasteiger partial charge is 0.230 e. The number of amides is 1. The summed E-state index contributed by atoms with van der Waals surface area (Å²) in [6.07, 6.45) is 4.81. The Morgan fingerprint density at radius 2 is 2.07 bits per heavy atom. The van der Waals surface area contributed by atoms with Gasteiger partial charge in [-0.15, -0.1) is 0 Å². The highest BCUT2D eigenvalue weighted by Gasteiger charge is 2.48. The van der Waals surface area contributed by atoms with Crippen LogP contribution in [0, 0.1) is 10.8 Å². The lowest BCUT2D eigenvalue weighted by Gasteiger charge is -2.42. The summed E-state index contributed by atoms with van der Waals surface area (Å²) in [6, 6.07) is 5.90. The van der Waals surface area contributed by atoms with E-state index in [1.165, 1.54) is 0 Å². The molecule has 0 bridgehead atoms. The molecule has 1 atom stereocenters. The molecular formula is C21H30N4O2. The fraction of sp³-hybridized carbons (Fsp3) is 0.619. The van der Waals surface area contributed by atoms with Crippen molar-refractivity contribution < 1.29 is 9.21 Å². The van der Waals surface area contributed by atoms with Gasteiger partial charge in [0.1, 0.15) is 11.5 Å². The van der Waals surface area contributed by atoms with Gasteiger partial charge >= 0.3 is 0 Å². The van der Waals surface area contributed by atoms with Crippen LogP contribution in [0.3, 0.4) is 0 Å². The molecule has 2 aliphatic heterocycles. The van der Waals surface area contributed by atoms with Gasteiger partial charge in [0, 0.05) is 25.8 Å². The molecule has 2 aliphatic rings. The SMILES string of the molecule is CC(C)(C)CN1CCCC2(CCN(Cc3ccc(-c4ccn[nH]4)o3)C2)C1=O. The van der Waals surface area contributed by atoms with Crippen molar-refractivity contribution in [2.45, 2.75) is 46.6 Å². The Morgan fingerprint density at radius 3 is 2.81 bits per heavy atom. The number of rotatable bonds is 4. The molecule has 2 aromatic heterocycles. The fourth-order valence-electron chi connectivity index (χ4n) is 4.57. The monoisotopic (exact) mass is 370 g/mol. The topological polar surface area (TPSA) is 65.4 Å². The minimum atomic E-state index is -0.192. The maximum absolute atomic E-state index is 13.2. The average molecular weight is 370 g/mol. The Bertz CT molecular complexity index is 789. The molecule has 0 aromatic carbocycles. The van der Waals surface area contributed by atoms with Gasteiger partial charge in [-0.1, -0.05) is 20.8 Å². The van der Waals surface area contributed by atoms with Crippen molar-refractivity contribution in [1.82, 2.24) is 20.0 Å². The lowest BCUT2D eigenvalue weighted by Crippen LogP contribution is -2.52. The molecule has 4 rings (SSSR count). The van der Waals surface area contributed by atoms with Crippen molar-refractivity contribution in [2.24, 2.45) is 10.8 Å². The number of aromatic amines is 1. The van der Waals surface area contributed by atoms with Gasteiger partial charge in [0.05, 0.1) is 12.0 Å². The van der Waals surface area contributed by atoms with Crippen molar-refractivity contribution in [3.63, 3.8) is 0 Å². The van der Waals surface area contributed by atoms with Crippen LogP contribution in [-0.2, 0) is 11.3 Å². The molecule has 0 saturated carbocycles. The van der Waals surface area contributed by atoms with Crippen LogP contribution in [0.1, 0.15) is 45.8 Å². The van der Waals surface area contributed by atoms with Crippen LogP contribution in [0.5, 0.6) is 0 Å². The lowest BCUT2D eigenvalue weighted by atomic mass is 9.77. The van der Waals surface area contributed by atoms with E-state index in [4.69, 9.17) is 4.42 Å². The van der Waals surface area contributed by atoms with E-state index in [1.54, 1.807) is 6.20 Å². The highest BCUT2D eigenvalue weighted by atomic mass is 16.3. The predicted octanol–water partition coefficient (Wildman–Crippen LogP) is 3.53. The lowest BCUT2D eigenvalue weighted by molar-refractivity contribution is -0.147. The van der Waals surface area contributed by atoms with E-state index in [0.717, 1.165) is 69.2 Å². The molecule has 1 amide bonds. The molecule has 4 heterocycles. The molecule has 6 nitrogen and oxygen atoms in total. The summed E-state index contributed by atoms with van der Waals surface area (Å²) in [7, 11) is 0. The number of H-pyrrole nitrogens is 1. The number of nitrogens with zero attached hydrogens (tertiary/aromatic N) is 3. The van der Waals surface area contributed by atoms with E-state index in [2.05, 4.69) is 40.8 Å². The summed E-state index contributed by atoms with van der Waals surface area (Å²) in [5.41, 5.74) is 0.839. The third-order valence-corrected chi connectivity index (χ3v) is 5.73. The number of furan rings is 1. The molecule has 1 unspecified atom stereocenters. The number of aromatic nitrogens is 2. The summed E-state index contributed by atoms with van der Waals surface area (Å²) in [6.45, 7) is 10.9. The van der Waals surface area contributed by atoms with Gasteiger partial charge < -0.3 is 9.32 Å². The maximum atomic E-state index is 13.2. The first-order valence-corrected chi connectivity index (χ1v) is 9.95. The van der Waals surface area contributed by atoms with E-state index < -0.39 is 0 Å². The second kappa shape index (κ2) is 6.82. The van der Waals surface area contributed by atoms with Gasteiger partial charge in [-0.05, 0) is 49.4 Å². The van der Waals surface area contributed by atoms with Gasteiger partial charge in [-0.2, -0.15) is 5.10 Å². The number of nitrogens with one attached hydrogen (secondary N) is 1. The van der Waals surface area contributed by atoms with Crippen molar-refractivity contribution in [1.29, 1.82) is 0 Å². The van der Waals surface area contributed by atoms with E-state index in [0.29, 0.717) is 5.91 Å². The summed E-state index contributed by atoms with van der Waals surface area (Å²) < 4.78 is 5.97. The van der Waals surface area contributed by atoms with Crippen molar-refractivity contribution in [3.8, 4) is 11.5 Å². The predicted molar refractivity (Wildman–Crippen MR) is 104 cm³/mol. The Kier molecular flexibility index (Phi) is 4.62. The molecule has 1 N–H and O–H groups in total. The molecule has 2 saturated heterocycles. The minimum absolute atomic E-state index is 0.143. The van der Waals surface area contributed by atoms with Crippen LogP contribution in [0.4, 0.5) is 0 Å². The van der Waals surface area contributed by atoms with E-state index >= 15 is 0 Å². The third kappa shape index (κ3) is 3.81. The van der Waals surface area contributed by atoms with E-state index in [9.17, 15) is 4.79 Å². The molecule has 2 aromatic rings. The van der Waals surface area contributed by atoms with Crippen molar-refractivity contribution >= 4 is 5.91 Å². The van der Waals surface area contributed by atoms with Gasteiger partial charge in [0.15, 0.2) is 5.76 Å². The van der Waals surface area contributed by atoms with E-state index in [1.807, 2.05) is 18.2 Å². The second-order valence-electron chi connectivity index (χ2n) is 9.37. The summed E-state index contributed by atoms with van der Waals surface area (Å²) in [5, 5.41) is 6.90. The highest BCUT2D eigenvalue weighted by molar-refractivity contribution is 5.84. The van der Waals surface area contributed by atoms with Crippen molar-refractivity contribution in [3.05, 3.63) is 30.2 Å². The first-order chi connectivity index (χ1) is 12.8. The van der Waals surface area contributed by atoms with Crippen LogP contribution >= 0.6 is 0 Å². The third-order valence-electron chi connectivity index (χ3n) is 5.73. The van der Waals surface area contributed by atoms with Crippen LogP contribution < -0.4 is 0 Å². The van der Waals surface area contributed by atoms with Gasteiger partial charge in [-0.25, -0.2) is 0 Å². The number of piperidine rings is 1. The molecular weight excluding hydrogens is 340 g/mol. The van der Waals surface area contributed by atoms with Crippen molar-refractivity contribution in [2.75, 3.05) is 26.2 Å². The number of likely N-dealkylation sites (tertiary alicyclic amines) is 2. The Morgan fingerprint density at radius 1 is 1.22 bits per heavy atom. The molecule has 27 heavy (non-hydrogen) atoms. The standard InChI is InChI=1S/C21H30N4O2/c1-20(2,3)14-25-11-4-8-21(19(25)26)9-12-24(15-21)13-16-5-6-18(27-16)17-7-10-22-23-17/h5-7,10H,4,8-9,11-15H2,1-3H3,(H,22,23). The quantitative estimate of drug-likeness (QED) is 0.894. The molecule has 0 radical (unpaired) electrons. The Balaban J connectivity index is 1.41. The normalized spacial score (nSPS) is 24.3. The van der Waals surface area contributed by atoms with E-state index in [-0.39, 0.29) is 10.8 Å². The van der Waals surface area contributed by atoms with Crippen LogP contribution in [0.25, 0.3) is 11.5 Å². The summed E-state index contributed by atoms with van der Waals surface area (Å²) >= 11 is 0. The highest BCUT2D eigenvalue weighted by Crippen LogP contribution is 2.41. The number of carbonyl (C=O) groups is 1. The minimum Gasteiger partial charge on any atom is -0.458 e. The molecule has 0 aliphatic carbocycles. The summed E-state index contributed by atoms with van der Waals surface area (Å²) in [5.74, 6) is 2.11. The first-order valence-electron chi connectivity index (χ1n) is 9.95. The van der Waals surface area contributed by atoms with Crippen LogP contribution in [0.2, 0.25) is 0 Å². The zero-order valence-corrected chi connectivity index (χ0v) is 16.6. The number of hydrogen-bond donors (Lipinski definition) is 1. The first kappa shape index (κ1) is 18.3. The fourth-order valence-corrected chi connectivity index (χ4v) is 4.57. The molecule has 6 heteroatoms. The Labute approximate surface area is 160 Å². The van der Waals surface area contributed by atoms with Gasteiger partial charge in [0.2, 0.25) is 5.91 Å². The largest absolute Gasteiger partial charge is 0.458 e. The summed E-state index contributed by atoms with van der Waals surface area (Å²) in [4.78, 5) is 17.7. The molecule has 146 valence electrons. The van der Waals surface area contributed by atoms with Gasteiger partial charge in [0.25, 0.3) is 0 Å².